The van der Waals surface area contributed by atoms with Gasteiger partial charge in [-0.3, -0.25) is 4.79 Å². The molecule has 26 heavy (non-hydrogen) atoms. The van der Waals surface area contributed by atoms with Crippen LogP contribution in [0.25, 0.3) is 0 Å². The number of halogens is 4. The second kappa shape index (κ2) is 7.70. The second-order valence-corrected chi connectivity index (χ2v) is 7.21. The number of carbonyl (C=O) groups is 1. The quantitative estimate of drug-likeness (QED) is 0.509. The van der Waals surface area contributed by atoms with Crippen LogP contribution in [0.1, 0.15) is 24.0 Å². The molecule has 0 aliphatic heterocycles. The minimum absolute atomic E-state index is 0.0201. The lowest BCUT2D eigenvalue weighted by Gasteiger charge is -2.23. The fourth-order valence-corrected chi connectivity index (χ4v) is 3.45. The molecular formula is C19H17F4NOS. The average Bonchev–Trinajstić information content (AvgIpc) is 3.43. The summed E-state index contributed by atoms with van der Waals surface area (Å²) in [6, 6.07) is 11.3. The Morgan fingerprint density at radius 3 is 2.50 bits per heavy atom. The van der Waals surface area contributed by atoms with E-state index in [1.165, 1.54) is 12.1 Å². The van der Waals surface area contributed by atoms with Crippen LogP contribution in [-0.2, 0) is 17.5 Å². The van der Waals surface area contributed by atoms with Crippen molar-refractivity contribution in [1.29, 1.82) is 0 Å². The molecule has 0 unspecified atom stereocenters. The van der Waals surface area contributed by atoms with Gasteiger partial charge in [-0.15, -0.1) is 11.8 Å². The molecule has 0 radical (unpaired) electrons. The molecule has 0 aromatic heterocycles. The summed E-state index contributed by atoms with van der Waals surface area (Å²) in [4.78, 5) is 14.6. The maximum absolute atomic E-state index is 13.9. The van der Waals surface area contributed by atoms with Crippen LogP contribution >= 0.6 is 11.8 Å². The van der Waals surface area contributed by atoms with E-state index in [4.69, 9.17) is 0 Å². The van der Waals surface area contributed by atoms with Crippen LogP contribution in [0.2, 0.25) is 0 Å². The summed E-state index contributed by atoms with van der Waals surface area (Å²) in [5.74, 6) is -0.540. The Morgan fingerprint density at radius 2 is 1.85 bits per heavy atom. The van der Waals surface area contributed by atoms with Gasteiger partial charge in [-0.2, -0.15) is 13.2 Å². The molecule has 2 aromatic rings. The Labute approximate surface area is 153 Å². The van der Waals surface area contributed by atoms with E-state index in [0.717, 1.165) is 36.7 Å². The highest BCUT2D eigenvalue weighted by atomic mass is 32.2. The van der Waals surface area contributed by atoms with Gasteiger partial charge in [0.15, 0.2) is 0 Å². The molecule has 1 aliphatic carbocycles. The molecule has 0 spiro atoms. The van der Waals surface area contributed by atoms with Gasteiger partial charge in [-0.25, -0.2) is 4.39 Å². The molecule has 3 rings (SSSR count). The summed E-state index contributed by atoms with van der Waals surface area (Å²) in [6.07, 6.45) is -2.67. The molecule has 2 nitrogen and oxygen atoms in total. The van der Waals surface area contributed by atoms with Crippen molar-refractivity contribution in [3.63, 3.8) is 0 Å². The number of carbonyl (C=O) groups excluding carboxylic acids is 1. The molecule has 0 atom stereocenters. The molecule has 0 heterocycles. The van der Waals surface area contributed by atoms with E-state index in [1.807, 2.05) is 0 Å². The standard InChI is InChI=1S/C19H17F4NOS/c20-17-7-2-1-4-13(17)11-24(15-8-9-15)18(25)12-26-16-6-3-5-14(10-16)19(21,22)23/h1-7,10,15H,8-9,11-12H2. The molecule has 0 N–H and O–H groups in total. The summed E-state index contributed by atoms with van der Waals surface area (Å²) in [5, 5.41) is 0. The summed E-state index contributed by atoms with van der Waals surface area (Å²) in [5.41, 5.74) is -0.294. The lowest BCUT2D eigenvalue weighted by Crippen LogP contribution is -2.34. The van der Waals surface area contributed by atoms with Crippen LogP contribution in [-0.4, -0.2) is 22.6 Å². The Balaban J connectivity index is 1.65. The van der Waals surface area contributed by atoms with E-state index >= 15 is 0 Å². The second-order valence-electron chi connectivity index (χ2n) is 6.16. The summed E-state index contributed by atoms with van der Waals surface area (Å²) >= 11 is 1.06. The van der Waals surface area contributed by atoms with Crippen LogP contribution in [0, 0.1) is 5.82 Å². The number of alkyl halides is 3. The zero-order valence-corrected chi connectivity index (χ0v) is 14.6. The van der Waals surface area contributed by atoms with Crippen LogP contribution in [0.15, 0.2) is 53.4 Å². The van der Waals surface area contributed by atoms with Gasteiger partial charge in [0.1, 0.15) is 5.82 Å². The molecule has 1 fully saturated rings. The highest BCUT2D eigenvalue weighted by Gasteiger charge is 2.33. The minimum atomic E-state index is -4.41. The van der Waals surface area contributed by atoms with E-state index in [9.17, 15) is 22.4 Å². The Morgan fingerprint density at radius 1 is 1.12 bits per heavy atom. The molecule has 1 aliphatic rings. The van der Waals surface area contributed by atoms with Gasteiger partial charge < -0.3 is 4.90 Å². The van der Waals surface area contributed by atoms with Gasteiger partial charge in [0.05, 0.1) is 11.3 Å². The Hall–Kier alpha value is -2.02. The molecule has 1 saturated carbocycles. The number of benzene rings is 2. The zero-order valence-electron chi connectivity index (χ0n) is 13.8. The van der Waals surface area contributed by atoms with Crippen LogP contribution < -0.4 is 0 Å². The average molecular weight is 383 g/mol. The van der Waals surface area contributed by atoms with Crippen molar-refractivity contribution in [2.75, 3.05) is 5.75 Å². The van der Waals surface area contributed by atoms with Crippen LogP contribution in [0.3, 0.4) is 0 Å². The smallest absolute Gasteiger partial charge is 0.335 e. The van der Waals surface area contributed by atoms with Gasteiger partial charge in [0.25, 0.3) is 0 Å². The summed E-state index contributed by atoms with van der Waals surface area (Å²) in [6.45, 7) is 0.180. The van der Waals surface area contributed by atoms with Crippen molar-refractivity contribution < 1.29 is 22.4 Å². The van der Waals surface area contributed by atoms with Crippen molar-refractivity contribution in [2.45, 2.75) is 36.5 Å². The van der Waals surface area contributed by atoms with Crippen LogP contribution in [0.4, 0.5) is 17.6 Å². The number of hydrogen-bond donors (Lipinski definition) is 0. The molecule has 0 saturated heterocycles. The fourth-order valence-electron chi connectivity index (χ4n) is 2.61. The fraction of sp³-hybridized carbons (Fsp3) is 0.316. The first-order valence-electron chi connectivity index (χ1n) is 8.17. The predicted octanol–water partition coefficient (Wildman–Crippen LogP) is 5.13. The number of thioether (sulfide) groups is 1. The SMILES string of the molecule is O=C(CSc1cccc(C(F)(F)F)c1)N(Cc1ccccc1F)C1CC1. The topological polar surface area (TPSA) is 20.3 Å². The van der Waals surface area contributed by atoms with Crippen LogP contribution in [0.5, 0.6) is 0 Å². The summed E-state index contributed by atoms with van der Waals surface area (Å²) < 4.78 is 52.2. The molecular weight excluding hydrogens is 366 g/mol. The van der Waals surface area contributed by atoms with Gasteiger partial charge >= 0.3 is 6.18 Å². The lowest BCUT2D eigenvalue weighted by atomic mass is 10.2. The zero-order chi connectivity index (χ0) is 18.7. The molecule has 138 valence electrons. The van der Waals surface area contributed by atoms with Crippen molar-refractivity contribution >= 4 is 17.7 Å². The first-order valence-corrected chi connectivity index (χ1v) is 9.16. The van der Waals surface area contributed by atoms with Gasteiger partial charge in [-0.05, 0) is 37.1 Å². The number of rotatable bonds is 6. The lowest BCUT2D eigenvalue weighted by molar-refractivity contribution is -0.137. The highest BCUT2D eigenvalue weighted by molar-refractivity contribution is 8.00. The maximum Gasteiger partial charge on any atom is 0.416 e. The van der Waals surface area contributed by atoms with Gasteiger partial charge in [0, 0.05) is 23.0 Å². The number of amides is 1. The van der Waals surface area contributed by atoms with Crippen molar-refractivity contribution in [2.24, 2.45) is 0 Å². The van der Waals surface area contributed by atoms with Crippen molar-refractivity contribution in [1.82, 2.24) is 4.90 Å². The van der Waals surface area contributed by atoms with E-state index in [2.05, 4.69) is 0 Å². The third-order valence-electron chi connectivity index (χ3n) is 4.13. The third kappa shape index (κ3) is 4.78. The van der Waals surface area contributed by atoms with E-state index in [-0.39, 0.29) is 30.1 Å². The van der Waals surface area contributed by atoms with E-state index in [1.54, 1.807) is 29.2 Å². The molecule has 0 bridgehead atoms. The van der Waals surface area contributed by atoms with Gasteiger partial charge in [0.2, 0.25) is 5.91 Å². The minimum Gasteiger partial charge on any atom is -0.335 e. The first-order chi connectivity index (χ1) is 12.3. The normalized spacial score (nSPS) is 14.3. The first kappa shape index (κ1) is 18.8. The maximum atomic E-state index is 13.9. The Kier molecular flexibility index (Phi) is 5.55. The van der Waals surface area contributed by atoms with E-state index in [0.29, 0.717) is 10.5 Å². The Bertz CT molecular complexity index is 789. The predicted molar refractivity (Wildman–Crippen MR) is 92.1 cm³/mol. The summed E-state index contributed by atoms with van der Waals surface area (Å²) in [7, 11) is 0. The molecule has 7 heteroatoms. The number of hydrogen-bond acceptors (Lipinski definition) is 2. The monoisotopic (exact) mass is 383 g/mol. The number of nitrogens with zero attached hydrogens (tertiary/aromatic N) is 1. The largest absolute Gasteiger partial charge is 0.416 e. The third-order valence-corrected chi connectivity index (χ3v) is 5.11. The molecule has 1 amide bonds. The molecule has 2 aromatic carbocycles. The highest BCUT2D eigenvalue weighted by Crippen LogP contribution is 2.33. The van der Waals surface area contributed by atoms with E-state index < -0.39 is 11.7 Å². The van der Waals surface area contributed by atoms with Crippen molar-refractivity contribution in [3.8, 4) is 0 Å². The van der Waals surface area contributed by atoms with Crippen molar-refractivity contribution in [3.05, 3.63) is 65.5 Å². The van der Waals surface area contributed by atoms with Gasteiger partial charge in [-0.1, -0.05) is 24.3 Å².